The minimum Gasteiger partial charge on any atom is -0.379 e. The van der Waals surface area contributed by atoms with E-state index in [0.29, 0.717) is 6.54 Å². The predicted molar refractivity (Wildman–Crippen MR) is 84.3 cm³/mol. The minimum atomic E-state index is 0.00428. The van der Waals surface area contributed by atoms with Crippen LogP contribution in [0.1, 0.15) is 33.6 Å². The second-order valence-electron chi connectivity index (χ2n) is 7.34. The lowest BCUT2D eigenvalue weighted by Gasteiger charge is -2.36. The molecule has 0 radical (unpaired) electrons. The van der Waals surface area contributed by atoms with E-state index in [0.717, 1.165) is 58.2 Å². The summed E-state index contributed by atoms with van der Waals surface area (Å²) in [6, 6.07) is 0. The van der Waals surface area contributed by atoms with Crippen molar-refractivity contribution >= 4 is 5.91 Å². The van der Waals surface area contributed by atoms with E-state index in [-0.39, 0.29) is 11.4 Å². The Kier molecular flexibility index (Phi) is 6.02. The summed E-state index contributed by atoms with van der Waals surface area (Å²) < 4.78 is 5.39. The quantitative estimate of drug-likeness (QED) is 0.839. The Morgan fingerprint density at radius 3 is 2.33 bits per heavy atom. The van der Waals surface area contributed by atoms with Crippen LogP contribution < -0.4 is 5.32 Å². The summed E-state index contributed by atoms with van der Waals surface area (Å²) >= 11 is 0. The molecule has 5 nitrogen and oxygen atoms in total. The monoisotopic (exact) mass is 297 g/mol. The van der Waals surface area contributed by atoms with Gasteiger partial charge in [-0.1, -0.05) is 0 Å². The fourth-order valence-electron chi connectivity index (χ4n) is 2.97. The topological polar surface area (TPSA) is 44.8 Å². The summed E-state index contributed by atoms with van der Waals surface area (Å²) in [4.78, 5) is 16.7. The maximum Gasteiger partial charge on any atom is 0.236 e. The fourth-order valence-corrected chi connectivity index (χ4v) is 2.97. The molecule has 0 bridgehead atoms. The summed E-state index contributed by atoms with van der Waals surface area (Å²) in [5.74, 6) is 0.984. The van der Waals surface area contributed by atoms with Crippen LogP contribution in [-0.2, 0) is 9.53 Å². The van der Waals surface area contributed by atoms with Crippen LogP contribution in [0.5, 0.6) is 0 Å². The van der Waals surface area contributed by atoms with Crippen LogP contribution >= 0.6 is 0 Å². The van der Waals surface area contributed by atoms with E-state index in [1.807, 2.05) is 4.90 Å². The van der Waals surface area contributed by atoms with Crippen molar-refractivity contribution in [1.82, 2.24) is 15.1 Å². The SMILES string of the molecule is CC(C)(C)NCC(=O)N1CCC(CN2CCOCC2)CC1. The molecule has 1 N–H and O–H groups in total. The number of carbonyl (C=O) groups is 1. The number of amides is 1. The molecule has 2 heterocycles. The number of hydrogen-bond donors (Lipinski definition) is 1. The number of nitrogens with one attached hydrogen (secondary N) is 1. The summed E-state index contributed by atoms with van der Waals surface area (Å²) in [5, 5.41) is 3.28. The Balaban J connectivity index is 1.66. The molecule has 0 spiro atoms. The molecule has 0 unspecified atom stereocenters. The molecule has 0 saturated carbocycles. The number of nitrogens with zero attached hydrogens (tertiary/aromatic N) is 2. The molecule has 0 aromatic carbocycles. The molecule has 2 rings (SSSR count). The van der Waals surface area contributed by atoms with Crippen molar-refractivity contribution in [1.29, 1.82) is 0 Å². The third kappa shape index (κ3) is 5.93. The maximum absolute atomic E-state index is 12.2. The van der Waals surface area contributed by atoms with Crippen molar-refractivity contribution in [3.63, 3.8) is 0 Å². The molecule has 2 aliphatic rings. The number of carbonyl (C=O) groups excluding carboxylic acids is 1. The van der Waals surface area contributed by atoms with Crippen molar-refractivity contribution in [3.8, 4) is 0 Å². The van der Waals surface area contributed by atoms with Gasteiger partial charge in [0.05, 0.1) is 19.8 Å². The van der Waals surface area contributed by atoms with Crippen molar-refractivity contribution in [2.24, 2.45) is 5.92 Å². The molecule has 0 aliphatic carbocycles. The van der Waals surface area contributed by atoms with E-state index in [1.165, 1.54) is 6.54 Å². The molecular formula is C16H31N3O2. The van der Waals surface area contributed by atoms with E-state index in [1.54, 1.807) is 0 Å². The van der Waals surface area contributed by atoms with Crippen molar-refractivity contribution in [2.45, 2.75) is 39.2 Å². The second-order valence-corrected chi connectivity index (χ2v) is 7.34. The molecule has 2 fully saturated rings. The molecular weight excluding hydrogens is 266 g/mol. The normalized spacial score (nSPS) is 22.5. The van der Waals surface area contributed by atoms with Crippen molar-refractivity contribution in [2.75, 3.05) is 52.5 Å². The van der Waals surface area contributed by atoms with Crippen LogP contribution in [-0.4, -0.2) is 73.7 Å². The molecule has 2 saturated heterocycles. The first-order valence-electron chi connectivity index (χ1n) is 8.27. The lowest BCUT2D eigenvalue weighted by molar-refractivity contribution is -0.132. The van der Waals surface area contributed by atoms with Crippen LogP contribution in [0.25, 0.3) is 0 Å². The Labute approximate surface area is 129 Å². The Bertz CT molecular complexity index is 327. The van der Waals surface area contributed by atoms with E-state index >= 15 is 0 Å². The Hall–Kier alpha value is -0.650. The zero-order valence-electron chi connectivity index (χ0n) is 13.9. The smallest absolute Gasteiger partial charge is 0.236 e. The third-order valence-corrected chi connectivity index (χ3v) is 4.36. The van der Waals surface area contributed by atoms with Gasteiger partial charge in [0.25, 0.3) is 0 Å². The van der Waals surface area contributed by atoms with Gasteiger partial charge in [-0.15, -0.1) is 0 Å². The maximum atomic E-state index is 12.2. The highest BCUT2D eigenvalue weighted by molar-refractivity contribution is 5.78. The highest BCUT2D eigenvalue weighted by atomic mass is 16.5. The minimum absolute atomic E-state index is 0.00428. The average Bonchev–Trinajstić information content (AvgIpc) is 2.46. The second kappa shape index (κ2) is 7.56. The lowest BCUT2D eigenvalue weighted by Crippen LogP contribution is -2.48. The number of piperidine rings is 1. The molecule has 2 aliphatic heterocycles. The van der Waals surface area contributed by atoms with Gasteiger partial charge >= 0.3 is 0 Å². The van der Waals surface area contributed by atoms with Crippen molar-refractivity contribution < 1.29 is 9.53 Å². The first kappa shape index (κ1) is 16.7. The van der Waals surface area contributed by atoms with Gasteiger partial charge in [0.15, 0.2) is 0 Å². The number of morpholine rings is 1. The molecule has 5 heteroatoms. The molecule has 1 amide bonds. The fraction of sp³-hybridized carbons (Fsp3) is 0.938. The van der Waals surface area contributed by atoms with Gasteiger partial charge in [-0.05, 0) is 39.5 Å². The summed E-state index contributed by atoms with van der Waals surface area (Å²) in [5.41, 5.74) is 0.00428. The van der Waals surface area contributed by atoms with Gasteiger partial charge in [-0.2, -0.15) is 0 Å². The first-order chi connectivity index (χ1) is 9.94. The number of hydrogen-bond acceptors (Lipinski definition) is 4. The highest BCUT2D eigenvalue weighted by Crippen LogP contribution is 2.19. The molecule has 21 heavy (non-hydrogen) atoms. The largest absolute Gasteiger partial charge is 0.379 e. The summed E-state index contributed by atoms with van der Waals surface area (Å²) in [6.07, 6.45) is 2.28. The van der Waals surface area contributed by atoms with Gasteiger partial charge in [-0.3, -0.25) is 9.69 Å². The average molecular weight is 297 g/mol. The zero-order valence-corrected chi connectivity index (χ0v) is 13.9. The first-order valence-corrected chi connectivity index (χ1v) is 8.27. The van der Waals surface area contributed by atoms with Gasteiger partial charge < -0.3 is 15.0 Å². The molecule has 122 valence electrons. The zero-order chi connectivity index (χ0) is 15.3. The summed E-state index contributed by atoms with van der Waals surface area (Å²) in [7, 11) is 0. The molecule has 0 aromatic heterocycles. The van der Waals surface area contributed by atoms with Crippen molar-refractivity contribution in [3.05, 3.63) is 0 Å². The number of likely N-dealkylation sites (tertiary alicyclic amines) is 1. The summed E-state index contributed by atoms with van der Waals surface area (Å²) in [6.45, 7) is 13.6. The molecule has 0 atom stereocenters. The third-order valence-electron chi connectivity index (χ3n) is 4.36. The highest BCUT2D eigenvalue weighted by Gasteiger charge is 2.25. The number of ether oxygens (including phenoxy) is 1. The van der Waals surface area contributed by atoms with Crippen LogP contribution in [0.15, 0.2) is 0 Å². The van der Waals surface area contributed by atoms with Gasteiger partial charge in [-0.25, -0.2) is 0 Å². The predicted octanol–water partition coefficient (Wildman–Crippen LogP) is 0.945. The lowest BCUT2D eigenvalue weighted by atomic mass is 9.96. The van der Waals surface area contributed by atoms with E-state index < -0.39 is 0 Å². The van der Waals surface area contributed by atoms with Crippen LogP contribution in [0.3, 0.4) is 0 Å². The van der Waals surface area contributed by atoms with Crippen LogP contribution in [0.4, 0.5) is 0 Å². The van der Waals surface area contributed by atoms with Crippen LogP contribution in [0.2, 0.25) is 0 Å². The Morgan fingerprint density at radius 1 is 1.14 bits per heavy atom. The van der Waals surface area contributed by atoms with E-state index in [9.17, 15) is 4.79 Å². The number of rotatable bonds is 4. The Morgan fingerprint density at radius 2 is 1.76 bits per heavy atom. The van der Waals surface area contributed by atoms with Gasteiger partial charge in [0.2, 0.25) is 5.91 Å². The van der Waals surface area contributed by atoms with Gasteiger partial charge in [0.1, 0.15) is 0 Å². The van der Waals surface area contributed by atoms with Crippen LogP contribution in [0, 0.1) is 5.92 Å². The van der Waals surface area contributed by atoms with E-state index in [4.69, 9.17) is 4.74 Å². The molecule has 0 aromatic rings. The van der Waals surface area contributed by atoms with Gasteiger partial charge in [0, 0.05) is 38.3 Å². The van der Waals surface area contributed by atoms with E-state index in [2.05, 4.69) is 31.0 Å². The standard InChI is InChI=1S/C16H31N3O2/c1-16(2,3)17-12-15(20)19-6-4-14(5-7-19)13-18-8-10-21-11-9-18/h14,17H,4-13H2,1-3H3.